The topological polar surface area (TPSA) is 45.7 Å². The number of methoxy groups -OCH3 is 1. The summed E-state index contributed by atoms with van der Waals surface area (Å²) in [6.07, 6.45) is 7.77. The molecule has 2 saturated carbocycles. The van der Waals surface area contributed by atoms with Crippen molar-refractivity contribution in [3.05, 3.63) is 29.8 Å². The monoisotopic (exact) mass is 315 g/mol. The average Bonchev–Trinajstić information content (AvgIpc) is 3.30. The number of nitrogens with zero attached hydrogens (tertiary/aromatic N) is 1. The zero-order valence-electron chi connectivity index (χ0n) is 14.4. The first-order valence-corrected chi connectivity index (χ1v) is 8.85. The standard InChI is InChI=1S/C19H29N3O/c1-20-18(21-13-15-8-9-15)22-14-19(10-3-4-11-19)16-6-5-7-17(12-16)23-2/h5-7,12,15H,3-4,8-11,13-14H2,1-2H3,(H2,20,21,22). The molecule has 0 amide bonds. The van der Waals surface area contributed by atoms with Gasteiger partial charge in [-0.25, -0.2) is 0 Å². The molecule has 0 saturated heterocycles. The highest BCUT2D eigenvalue weighted by molar-refractivity contribution is 5.79. The van der Waals surface area contributed by atoms with Gasteiger partial charge in [-0.05, 0) is 49.3 Å². The summed E-state index contributed by atoms with van der Waals surface area (Å²) in [7, 11) is 3.59. The molecule has 0 aromatic heterocycles. The molecule has 0 radical (unpaired) electrons. The molecular weight excluding hydrogens is 286 g/mol. The van der Waals surface area contributed by atoms with Gasteiger partial charge in [-0.1, -0.05) is 25.0 Å². The van der Waals surface area contributed by atoms with Crippen LogP contribution < -0.4 is 15.4 Å². The minimum atomic E-state index is 0.200. The molecule has 0 unspecified atom stereocenters. The molecule has 4 nitrogen and oxygen atoms in total. The Bertz CT molecular complexity index is 545. The highest BCUT2D eigenvalue weighted by atomic mass is 16.5. The third-order valence-corrected chi connectivity index (χ3v) is 5.32. The normalized spacial score (nSPS) is 20.3. The van der Waals surface area contributed by atoms with E-state index in [2.05, 4.69) is 33.8 Å². The predicted molar refractivity (Wildman–Crippen MR) is 95.2 cm³/mol. The summed E-state index contributed by atoms with van der Waals surface area (Å²) < 4.78 is 5.42. The van der Waals surface area contributed by atoms with E-state index in [1.807, 2.05) is 13.1 Å². The van der Waals surface area contributed by atoms with E-state index in [4.69, 9.17) is 4.74 Å². The van der Waals surface area contributed by atoms with Crippen molar-refractivity contribution in [1.29, 1.82) is 0 Å². The van der Waals surface area contributed by atoms with E-state index in [1.54, 1.807) is 7.11 Å². The van der Waals surface area contributed by atoms with Crippen LogP contribution >= 0.6 is 0 Å². The maximum Gasteiger partial charge on any atom is 0.191 e. The zero-order valence-corrected chi connectivity index (χ0v) is 14.4. The van der Waals surface area contributed by atoms with Crippen LogP contribution in [-0.2, 0) is 5.41 Å². The molecular formula is C19H29N3O. The molecule has 1 aromatic carbocycles. The molecule has 0 spiro atoms. The quantitative estimate of drug-likeness (QED) is 0.626. The number of hydrogen-bond donors (Lipinski definition) is 2. The van der Waals surface area contributed by atoms with Gasteiger partial charge in [-0.15, -0.1) is 0 Å². The maximum atomic E-state index is 5.42. The van der Waals surface area contributed by atoms with Gasteiger partial charge in [0.25, 0.3) is 0 Å². The van der Waals surface area contributed by atoms with Gasteiger partial charge in [0, 0.05) is 25.6 Å². The van der Waals surface area contributed by atoms with Crippen molar-refractivity contribution in [3.63, 3.8) is 0 Å². The molecule has 23 heavy (non-hydrogen) atoms. The van der Waals surface area contributed by atoms with Gasteiger partial charge < -0.3 is 15.4 Å². The summed E-state index contributed by atoms with van der Waals surface area (Å²) in [6.45, 7) is 1.98. The fourth-order valence-electron chi connectivity index (χ4n) is 3.61. The van der Waals surface area contributed by atoms with Crippen LogP contribution in [0.5, 0.6) is 5.75 Å². The third-order valence-electron chi connectivity index (χ3n) is 5.32. The molecule has 2 aliphatic rings. The van der Waals surface area contributed by atoms with Gasteiger partial charge in [0.1, 0.15) is 5.75 Å². The van der Waals surface area contributed by atoms with Crippen LogP contribution in [0.3, 0.4) is 0 Å². The van der Waals surface area contributed by atoms with Gasteiger partial charge in [0.05, 0.1) is 7.11 Å². The molecule has 2 fully saturated rings. The minimum Gasteiger partial charge on any atom is -0.497 e. The lowest BCUT2D eigenvalue weighted by molar-refractivity contribution is 0.404. The molecule has 126 valence electrons. The fourth-order valence-corrected chi connectivity index (χ4v) is 3.61. The van der Waals surface area contributed by atoms with Crippen LogP contribution in [-0.4, -0.2) is 33.2 Å². The van der Waals surface area contributed by atoms with Gasteiger partial charge in [-0.2, -0.15) is 0 Å². The number of rotatable bonds is 6. The van der Waals surface area contributed by atoms with E-state index >= 15 is 0 Å². The number of aliphatic imine (C=N–C) groups is 1. The number of ether oxygens (including phenoxy) is 1. The Balaban J connectivity index is 1.67. The van der Waals surface area contributed by atoms with Crippen molar-refractivity contribution in [1.82, 2.24) is 10.6 Å². The lowest BCUT2D eigenvalue weighted by Gasteiger charge is -2.31. The molecule has 0 bridgehead atoms. The highest BCUT2D eigenvalue weighted by Crippen LogP contribution is 2.41. The van der Waals surface area contributed by atoms with Gasteiger partial charge in [0.2, 0.25) is 0 Å². The Morgan fingerprint density at radius 3 is 2.70 bits per heavy atom. The van der Waals surface area contributed by atoms with Crippen LogP contribution in [0.15, 0.2) is 29.3 Å². The van der Waals surface area contributed by atoms with Crippen molar-refractivity contribution in [2.45, 2.75) is 43.9 Å². The zero-order chi connectivity index (χ0) is 16.1. The molecule has 0 atom stereocenters. The van der Waals surface area contributed by atoms with E-state index in [1.165, 1.54) is 44.1 Å². The number of nitrogens with one attached hydrogen (secondary N) is 2. The van der Waals surface area contributed by atoms with Gasteiger partial charge >= 0.3 is 0 Å². The largest absolute Gasteiger partial charge is 0.497 e. The van der Waals surface area contributed by atoms with E-state index < -0.39 is 0 Å². The van der Waals surface area contributed by atoms with Crippen molar-refractivity contribution >= 4 is 5.96 Å². The lowest BCUT2D eigenvalue weighted by atomic mass is 9.78. The molecule has 3 rings (SSSR count). The second kappa shape index (κ2) is 7.24. The predicted octanol–water partition coefficient (Wildman–Crippen LogP) is 3.08. The SMILES string of the molecule is CN=C(NCC1CC1)NCC1(c2cccc(OC)c2)CCCC1. The van der Waals surface area contributed by atoms with Crippen LogP contribution in [0.2, 0.25) is 0 Å². The van der Waals surface area contributed by atoms with Crippen molar-refractivity contribution in [2.75, 3.05) is 27.2 Å². The summed E-state index contributed by atoms with van der Waals surface area (Å²) in [6, 6.07) is 8.58. The molecule has 0 aliphatic heterocycles. The van der Waals surface area contributed by atoms with Crippen molar-refractivity contribution < 1.29 is 4.74 Å². The molecule has 2 N–H and O–H groups in total. The van der Waals surface area contributed by atoms with Crippen LogP contribution in [0, 0.1) is 5.92 Å². The van der Waals surface area contributed by atoms with Gasteiger partial charge in [0.15, 0.2) is 5.96 Å². The van der Waals surface area contributed by atoms with Crippen molar-refractivity contribution in [2.24, 2.45) is 10.9 Å². The number of guanidine groups is 1. The number of hydrogen-bond acceptors (Lipinski definition) is 2. The Kier molecular flexibility index (Phi) is 5.09. The van der Waals surface area contributed by atoms with Gasteiger partial charge in [-0.3, -0.25) is 4.99 Å². The van der Waals surface area contributed by atoms with Crippen molar-refractivity contribution in [3.8, 4) is 5.75 Å². The average molecular weight is 315 g/mol. The Morgan fingerprint density at radius 2 is 2.04 bits per heavy atom. The summed E-state index contributed by atoms with van der Waals surface area (Å²) in [5.41, 5.74) is 1.59. The van der Waals surface area contributed by atoms with E-state index in [0.29, 0.717) is 0 Å². The van der Waals surface area contributed by atoms with Crippen LogP contribution in [0.1, 0.15) is 44.1 Å². The summed E-state index contributed by atoms with van der Waals surface area (Å²) in [4.78, 5) is 4.38. The molecule has 1 aromatic rings. The van der Waals surface area contributed by atoms with E-state index in [-0.39, 0.29) is 5.41 Å². The summed E-state index contributed by atoms with van der Waals surface area (Å²) >= 11 is 0. The first-order valence-electron chi connectivity index (χ1n) is 8.85. The second-order valence-electron chi connectivity index (χ2n) is 6.97. The lowest BCUT2D eigenvalue weighted by Crippen LogP contribution is -2.45. The molecule has 0 heterocycles. The number of benzene rings is 1. The van der Waals surface area contributed by atoms with E-state index in [9.17, 15) is 0 Å². The van der Waals surface area contributed by atoms with Crippen LogP contribution in [0.25, 0.3) is 0 Å². The Morgan fingerprint density at radius 1 is 1.26 bits per heavy atom. The fraction of sp³-hybridized carbons (Fsp3) is 0.632. The smallest absolute Gasteiger partial charge is 0.191 e. The summed E-state index contributed by atoms with van der Waals surface area (Å²) in [5.74, 6) is 2.74. The molecule has 2 aliphatic carbocycles. The Labute approximate surface area is 139 Å². The summed E-state index contributed by atoms with van der Waals surface area (Å²) in [5, 5.41) is 7.03. The minimum absolute atomic E-state index is 0.200. The highest BCUT2D eigenvalue weighted by Gasteiger charge is 2.36. The maximum absolute atomic E-state index is 5.42. The second-order valence-corrected chi connectivity index (χ2v) is 6.97. The Hall–Kier alpha value is -1.71. The first kappa shape index (κ1) is 16.2. The first-order chi connectivity index (χ1) is 11.3. The van der Waals surface area contributed by atoms with E-state index in [0.717, 1.165) is 30.7 Å². The molecule has 4 heteroatoms. The third kappa shape index (κ3) is 3.98. The van der Waals surface area contributed by atoms with Crippen LogP contribution in [0.4, 0.5) is 0 Å².